The van der Waals surface area contributed by atoms with Gasteiger partial charge in [-0.2, -0.15) is 0 Å². The summed E-state index contributed by atoms with van der Waals surface area (Å²) in [6.45, 7) is 1.57. The normalized spacial score (nSPS) is 11.3. The van der Waals surface area contributed by atoms with E-state index < -0.39 is 12.0 Å². The third kappa shape index (κ3) is 6.52. The molecule has 0 aliphatic rings. The van der Waals surface area contributed by atoms with E-state index in [1.54, 1.807) is 43.3 Å². The molecule has 2 amide bonds. The summed E-state index contributed by atoms with van der Waals surface area (Å²) >= 11 is 3.34. The molecule has 7 heteroatoms. The number of carbonyl (C=O) groups is 3. The molecule has 0 unspecified atom stereocenters. The number of halogens is 1. The van der Waals surface area contributed by atoms with Crippen molar-refractivity contribution in [3.05, 3.63) is 100 Å². The van der Waals surface area contributed by atoms with Gasteiger partial charge in [-0.25, -0.2) is 0 Å². The maximum atomic E-state index is 12.4. The summed E-state index contributed by atoms with van der Waals surface area (Å²) in [4.78, 5) is 36.6. The van der Waals surface area contributed by atoms with Gasteiger partial charge in [0.2, 0.25) is 5.91 Å². The molecule has 0 aromatic heterocycles. The van der Waals surface area contributed by atoms with Crippen molar-refractivity contribution in [3.8, 4) is 5.75 Å². The minimum atomic E-state index is -0.844. The van der Waals surface area contributed by atoms with Gasteiger partial charge in [-0.05, 0) is 48.9 Å². The Labute approximate surface area is 188 Å². The number of nitrogens with one attached hydrogen (secondary N) is 2. The lowest BCUT2D eigenvalue weighted by molar-refractivity contribution is -0.132. The average Bonchev–Trinajstić information content (AvgIpc) is 2.79. The van der Waals surface area contributed by atoms with Gasteiger partial charge in [0, 0.05) is 15.6 Å². The molecule has 0 heterocycles. The smallest absolute Gasteiger partial charge is 0.279 e. The molecule has 0 radical (unpaired) electrons. The second kappa shape index (κ2) is 10.5. The Morgan fingerprint density at radius 2 is 1.45 bits per heavy atom. The first-order valence-corrected chi connectivity index (χ1v) is 10.4. The van der Waals surface area contributed by atoms with Crippen molar-refractivity contribution in [2.45, 2.75) is 19.4 Å². The maximum Gasteiger partial charge on any atom is 0.279 e. The molecule has 0 fully saturated rings. The monoisotopic (exact) mass is 480 g/mol. The predicted molar refractivity (Wildman–Crippen MR) is 121 cm³/mol. The third-order valence-corrected chi connectivity index (χ3v) is 4.97. The molecule has 31 heavy (non-hydrogen) atoms. The fourth-order valence-corrected chi connectivity index (χ4v) is 3.03. The van der Waals surface area contributed by atoms with Crippen LogP contribution in [0.3, 0.4) is 0 Å². The van der Waals surface area contributed by atoms with Crippen LogP contribution in [0.1, 0.15) is 28.4 Å². The highest BCUT2D eigenvalue weighted by Crippen LogP contribution is 2.17. The van der Waals surface area contributed by atoms with E-state index in [4.69, 9.17) is 4.74 Å². The number of hydrazine groups is 1. The molecule has 1 atom stereocenters. The van der Waals surface area contributed by atoms with Crippen LogP contribution in [-0.2, 0) is 16.0 Å². The molecule has 0 saturated heterocycles. The van der Waals surface area contributed by atoms with Gasteiger partial charge in [0.25, 0.3) is 5.91 Å². The standard InChI is InChI=1S/C24H21BrN2O4/c1-16(24(30)27-26-22(28)15-17-7-11-20(25)12-8-17)31-21-13-9-19(10-14-21)23(29)18-5-3-2-4-6-18/h2-14,16H,15H2,1H3,(H,26,28)(H,27,30)/t16-/m0/s1. The number of ether oxygens (including phenoxy) is 1. The number of amides is 2. The van der Waals surface area contributed by atoms with Crippen molar-refractivity contribution < 1.29 is 19.1 Å². The van der Waals surface area contributed by atoms with Gasteiger partial charge in [0.15, 0.2) is 11.9 Å². The van der Waals surface area contributed by atoms with Crippen molar-refractivity contribution in [2.24, 2.45) is 0 Å². The van der Waals surface area contributed by atoms with Gasteiger partial charge in [0.1, 0.15) is 5.75 Å². The van der Waals surface area contributed by atoms with Crippen molar-refractivity contribution in [2.75, 3.05) is 0 Å². The molecule has 0 aliphatic carbocycles. The van der Waals surface area contributed by atoms with Crippen LogP contribution in [0, 0.1) is 0 Å². The summed E-state index contributed by atoms with van der Waals surface area (Å²) < 4.78 is 6.52. The van der Waals surface area contributed by atoms with Crippen LogP contribution in [0.15, 0.2) is 83.3 Å². The lowest BCUT2D eigenvalue weighted by Gasteiger charge is -2.15. The summed E-state index contributed by atoms with van der Waals surface area (Å²) in [5.74, 6) is -0.486. The Morgan fingerprint density at radius 1 is 0.839 bits per heavy atom. The van der Waals surface area contributed by atoms with E-state index in [9.17, 15) is 14.4 Å². The molecule has 158 valence electrons. The number of benzene rings is 3. The zero-order valence-corrected chi connectivity index (χ0v) is 18.4. The first-order valence-electron chi connectivity index (χ1n) is 9.62. The van der Waals surface area contributed by atoms with Crippen LogP contribution in [0.4, 0.5) is 0 Å². The van der Waals surface area contributed by atoms with E-state index >= 15 is 0 Å². The summed E-state index contributed by atoms with van der Waals surface area (Å²) in [6.07, 6.45) is -0.705. The molecular formula is C24H21BrN2O4. The Bertz CT molecular complexity index is 1050. The molecule has 0 aliphatic heterocycles. The first kappa shape index (κ1) is 22.2. The molecule has 0 saturated carbocycles. The van der Waals surface area contributed by atoms with Crippen LogP contribution < -0.4 is 15.6 Å². The summed E-state index contributed by atoms with van der Waals surface area (Å²) in [5.41, 5.74) is 6.69. The maximum absolute atomic E-state index is 12.4. The Morgan fingerprint density at radius 3 is 2.10 bits per heavy atom. The number of hydrogen-bond donors (Lipinski definition) is 2. The first-order chi connectivity index (χ1) is 14.9. The van der Waals surface area contributed by atoms with E-state index in [0.29, 0.717) is 16.9 Å². The SMILES string of the molecule is C[C@H](Oc1ccc(C(=O)c2ccccc2)cc1)C(=O)NNC(=O)Cc1ccc(Br)cc1. The second-order valence-electron chi connectivity index (χ2n) is 6.82. The molecule has 6 nitrogen and oxygen atoms in total. The van der Waals surface area contributed by atoms with Crippen LogP contribution in [-0.4, -0.2) is 23.7 Å². The van der Waals surface area contributed by atoms with Gasteiger partial charge < -0.3 is 4.74 Å². The predicted octanol–water partition coefficient (Wildman–Crippen LogP) is 3.84. The lowest BCUT2D eigenvalue weighted by atomic mass is 10.0. The molecular weight excluding hydrogens is 460 g/mol. The number of ketones is 1. The lowest BCUT2D eigenvalue weighted by Crippen LogP contribution is -2.47. The molecule has 0 bridgehead atoms. The quantitative estimate of drug-likeness (QED) is 0.397. The fourth-order valence-electron chi connectivity index (χ4n) is 2.76. The van der Waals surface area contributed by atoms with E-state index in [1.807, 2.05) is 42.5 Å². The highest BCUT2D eigenvalue weighted by atomic mass is 79.9. The van der Waals surface area contributed by atoms with E-state index in [0.717, 1.165) is 10.0 Å². The number of rotatable bonds is 7. The Hall–Kier alpha value is -3.45. The van der Waals surface area contributed by atoms with E-state index in [1.165, 1.54) is 0 Å². The second-order valence-corrected chi connectivity index (χ2v) is 7.74. The average molecular weight is 481 g/mol. The highest BCUT2D eigenvalue weighted by molar-refractivity contribution is 9.10. The number of carbonyl (C=O) groups excluding carboxylic acids is 3. The van der Waals surface area contributed by atoms with Crippen molar-refractivity contribution in [3.63, 3.8) is 0 Å². The minimum Gasteiger partial charge on any atom is -0.481 e. The van der Waals surface area contributed by atoms with Gasteiger partial charge in [-0.15, -0.1) is 0 Å². The van der Waals surface area contributed by atoms with E-state index in [-0.39, 0.29) is 18.1 Å². The molecule has 2 N–H and O–H groups in total. The number of hydrogen-bond acceptors (Lipinski definition) is 4. The van der Waals surface area contributed by atoms with Gasteiger partial charge in [-0.3, -0.25) is 25.2 Å². The fraction of sp³-hybridized carbons (Fsp3) is 0.125. The summed E-state index contributed by atoms with van der Waals surface area (Å²) in [7, 11) is 0. The molecule has 3 aromatic rings. The molecule has 3 aromatic carbocycles. The van der Waals surface area contributed by atoms with Crippen LogP contribution >= 0.6 is 15.9 Å². The zero-order chi connectivity index (χ0) is 22.2. The third-order valence-electron chi connectivity index (χ3n) is 4.44. The Kier molecular flexibility index (Phi) is 7.56. The van der Waals surface area contributed by atoms with Crippen LogP contribution in [0.5, 0.6) is 5.75 Å². The molecule has 0 spiro atoms. The van der Waals surface area contributed by atoms with Gasteiger partial charge >= 0.3 is 0 Å². The van der Waals surface area contributed by atoms with E-state index in [2.05, 4.69) is 26.8 Å². The van der Waals surface area contributed by atoms with Crippen molar-refractivity contribution >= 4 is 33.5 Å². The van der Waals surface area contributed by atoms with Crippen molar-refractivity contribution in [1.29, 1.82) is 0 Å². The summed E-state index contributed by atoms with van der Waals surface area (Å²) in [6, 6.07) is 22.9. The van der Waals surface area contributed by atoms with Crippen LogP contribution in [0.25, 0.3) is 0 Å². The van der Waals surface area contributed by atoms with Crippen molar-refractivity contribution in [1.82, 2.24) is 10.9 Å². The van der Waals surface area contributed by atoms with Gasteiger partial charge in [0.05, 0.1) is 6.42 Å². The minimum absolute atomic E-state index is 0.0913. The van der Waals surface area contributed by atoms with Crippen LogP contribution in [0.2, 0.25) is 0 Å². The summed E-state index contributed by atoms with van der Waals surface area (Å²) in [5, 5.41) is 0. The zero-order valence-electron chi connectivity index (χ0n) is 16.8. The largest absolute Gasteiger partial charge is 0.481 e. The topological polar surface area (TPSA) is 84.5 Å². The molecule has 3 rings (SSSR count). The Balaban J connectivity index is 1.48. The van der Waals surface area contributed by atoms with Gasteiger partial charge in [-0.1, -0.05) is 58.4 Å². The highest BCUT2D eigenvalue weighted by Gasteiger charge is 2.16.